The second-order valence-electron chi connectivity index (χ2n) is 4.73. The Bertz CT molecular complexity index is 320. The summed E-state index contributed by atoms with van der Waals surface area (Å²) >= 11 is 1.89. The number of hydrogen-bond acceptors (Lipinski definition) is 3. The number of thioether (sulfide) groups is 1. The lowest BCUT2D eigenvalue weighted by Gasteiger charge is -2.14. The summed E-state index contributed by atoms with van der Waals surface area (Å²) in [5.41, 5.74) is 1.10. The molecule has 1 unspecified atom stereocenters. The van der Waals surface area contributed by atoms with Crippen LogP contribution in [-0.2, 0) is 7.05 Å². The van der Waals surface area contributed by atoms with Crippen LogP contribution in [0.1, 0.15) is 26.5 Å². The van der Waals surface area contributed by atoms with E-state index < -0.39 is 0 Å². The number of hydrogen-bond donors (Lipinski definition) is 1. The van der Waals surface area contributed by atoms with Crippen molar-refractivity contribution in [3.8, 4) is 0 Å². The lowest BCUT2D eigenvalue weighted by molar-refractivity contribution is 0.509. The molecule has 0 radical (unpaired) electrons. The van der Waals surface area contributed by atoms with Gasteiger partial charge in [0.25, 0.3) is 0 Å². The molecule has 1 atom stereocenters. The molecule has 1 rings (SSSR count). The van der Waals surface area contributed by atoms with Gasteiger partial charge < -0.3 is 5.32 Å². The van der Waals surface area contributed by atoms with E-state index >= 15 is 0 Å². The maximum Gasteiger partial charge on any atom is 0.0939 e. The first-order valence-corrected chi connectivity index (χ1v) is 6.84. The fraction of sp³-hybridized carbons (Fsp3) is 0.750. The van der Waals surface area contributed by atoms with E-state index in [0.29, 0.717) is 12.0 Å². The second-order valence-corrected chi connectivity index (χ2v) is 5.77. The van der Waals surface area contributed by atoms with Crippen LogP contribution in [0.25, 0.3) is 0 Å². The topological polar surface area (TPSA) is 29.9 Å². The van der Waals surface area contributed by atoms with Crippen LogP contribution in [0.5, 0.6) is 0 Å². The van der Waals surface area contributed by atoms with Crippen molar-refractivity contribution in [2.45, 2.75) is 38.8 Å². The molecule has 0 amide bonds. The van der Waals surface area contributed by atoms with E-state index in [0.717, 1.165) is 18.0 Å². The van der Waals surface area contributed by atoms with Crippen LogP contribution in [0.15, 0.2) is 11.1 Å². The summed E-state index contributed by atoms with van der Waals surface area (Å²) < 4.78 is 1.96. The molecular formula is C12H23N3S. The third-order valence-corrected chi connectivity index (χ3v) is 3.76. The number of nitrogens with zero attached hydrogens (tertiary/aromatic N) is 2. The zero-order chi connectivity index (χ0) is 12.1. The Morgan fingerprint density at radius 3 is 2.62 bits per heavy atom. The van der Waals surface area contributed by atoms with Crippen LogP contribution in [-0.4, -0.2) is 28.1 Å². The van der Waals surface area contributed by atoms with Crippen LogP contribution in [0.4, 0.5) is 0 Å². The van der Waals surface area contributed by atoms with Gasteiger partial charge in [-0.05, 0) is 25.5 Å². The normalized spacial score (nSPS) is 13.4. The summed E-state index contributed by atoms with van der Waals surface area (Å²) in [7, 11) is 2.01. The maximum atomic E-state index is 4.34. The molecule has 0 aromatic carbocycles. The number of rotatable bonds is 6. The fourth-order valence-electron chi connectivity index (χ4n) is 1.45. The lowest BCUT2D eigenvalue weighted by atomic mass is 10.2. The van der Waals surface area contributed by atoms with Gasteiger partial charge in [-0.3, -0.25) is 4.68 Å². The Labute approximate surface area is 103 Å². The van der Waals surface area contributed by atoms with Crippen LogP contribution >= 0.6 is 11.8 Å². The zero-order valence-corrected chi connectivity index (χ0v) is 11.8. The molecule has 0 saturated heterocycles. The predicted octanol–water partition coefficient (Wildman–Crippen LogP) is 2.45. The minimum atomic E-state index is 0.575. The first-order valence-electron chi connectivity index (χ1n) is 5.86. The number of aryl methyl sites for hydroxylation is 2. The van der Waals surface area contributed by atoms with Crippen molar-refractivity contribution in [3.63, 3.8) is 0 Å². The Kier molecular flexibility index (Phi) is 5.35. The van der Waals surface area contributed by atoms with Crippen LogP contribution in [0, 0.1) is 12.8 Å². The first kappa shape index (κ1) is 13.6. The Morgan fingerprint density at radius 1 is 1.44 bits per heavy atom. The Balaban J connectivity index is 2.31. The standard InChI is InChI=1S/C12H23N3S/c1-9(2)13-7-10(3)8-16-12-6-11(4)14-15(12)5/h6,9-10,13H,7-8H2,1-5H3. The van der Waals surface area contributed by atoms with E-state index in [2.05, 4.69) is 37.3 Å². The van der Waals surface area contributed by atoms with Crippen LogP contribution < -0.4 is 5.32 Å². The van der Waals surface area contributed by atoms with Crippen LogP contribution in [0.2, 0.25) is 0 Å². The van der Waals surface area contributed by atoms with Crippen molar-refractivity contribution < 1.29 is 0 Å². The quantitative estimate of drug-likeness (QED) is 0.776. The summed E-state index contributed by atoms with van der Waals surface area (Å²) in [5, 5.41) is 9.07. The highest BCUT2D eigenvalue weighted by Gasteiger charge is 2.07. The van der Waals surface area contributed by atoms with Gasteiger partial charge in [0.15, 0.2) is 0 Å². The highest BCUT2D eigenvalue weighted by atomic mass is 32.2. The molecule has 0 bridgehead atoms. The molecule has 1 aromatic rings. The molecule has 0 spiro atoms. The average molecular weight is 241 g/mol. The summed E-state index contributed by atoms with van der Waals surface area (Å²) in [6, 6.07) is 2.72. The summed E-state index contributed by atoms with van der Waals surface area (Å²) in [5.74, 6) is 1.82. The minimum absolute atomic E-state index is 0.575. The van der Waals surface area contributed by atoms with Crippen molar-refractivity contribution in [3.05, 3.63) is 11.8 Å². The van der Waals surface area contributed by atoms with Gasteiger partial charge in [0.05, 0.1) is 10.7 Å². The fourth-order valence-corrected chi connectivity index (χ4v) is 2.50. The number of nitrogens with one attached hydrogen (secondary N) is 1. The van der Waals surface area contributed by atoms with Crippen molar-refractivity contribution in [2.75, 3.05) is 12.3 Å². The summed E-state index contributed by atoms with van der Waals surface area (Å²) in [6.45, 7) is 9.77. The SMILES string of the molecule is Cc1cc(SCC(C)CNC(C)C)n(C)n1. The Hall–Kier alpha value is -0.480. The predicted molar refractivity (Wildman–Crippen MR) is 71.0 cm³/mol. The van der Waals surface area contributed by atoms with E-state index in [1.54, 1.807) is 0 Å². The third-order valence-electron chi connectivity index (χ3n) is 2.35. The molecular weight excluding hydrogens is 218 g/mol. The molecule has 1 heterocycles. The zero-order valence-electron chi connectivity index (χ0n) is 10.9. The monoisotopic (exact) mass is 241 g/mol. The van der Waals surface area contributed by atoms with Gasteiger partial charge in [-0.25, -0.2) is 0 Å². The third kappa shape index (κ3) is 4.58. The molecule has 1 aromatic heterocycles. The highest BCUT2D eigenvalue weighted by Crippen LogP contribution is 2.20. The lowest BCUT2D eigenvalue weighted by Crippen LogP contribution is -2.28. The molecule has 3 nitrogen and oxygen atoms in total. The summed E-state index contributed by atoms with van der Waals surface area (Å²) in [6.07, 6.45) is 0. The van der Waals surface area contributed by atoms with Gasteiger partial charge in [-0.2, -0.15) is 5.10 Å². The van der Waals surface area contributed by atoms with E-state index in [9.17, 15) is 0 Å². The molecule has 0 aliphatic heterocycles. The number of aromatic nitrogens is 2. The van der Waals surface area contributed by atoms with Crippen LogP contribution in [0.3, 0.4) is 0 Å². The van der Waals surface area contributed by atoms with E-state index in [4.69, 9.17) is 0 Å². The van der Waals surface area contributed by atoms with Gasteiger partial charge >= 0.3 is 0 Å². The van der Waals surface area contributed by atoms with Crippen molar-refractivity contribution in [1.29, 1.82) is 0 Å². The molecule has 0 aliphatic carbocycles. The van der Waals surface area contributed by atoms with E-state index in [1.807, 2.05) is 30.4 Å². The van der Waals surface area contributed by atoms with E-state index in [1.165, 1.54) is 5.03 Å². The van der Waals surface area contributed by atoms with Gasteiger partial charge in [0.1, 0.15) is 0 Å². The molecule has 4 heteroatoms. The van der Waals surface area contributed by atoms with E-state index in [-0.39, 0.29) is 0 Å². The molecule has 0 fully saturated rings. The maximum absolute atomic E-state index is 4.34. The van der Waals surface area contributed by atoms with Gasteiger partial charge in [-0.1, -0.05) is 20.8 Å². The van der Waals surface area contributed by atoms with Gasteiger partial charge in [-0.15, -0.1) is 11.8 Å². The second kappa shape index (κ2) is 6.30. The minimum Gasteiger partial charge on any atom is -0.314 e. The van der Waals surface area contributed by atoms with Gasteiger partial charge in [0, 0.05) is 18.8 Å². The molecule has 92 valence electrons. The smallest absolute Gasteiger partial charge is 0.0939 e. The van der Waals surface area contributed by atoms with Crippen molar-refractivity contribution >= 4 is 11.8 Å². The molecule has 1 N–H and O–H groups in total. The first-order chi connectivity index (χ1) is 7.49. The van der Waals surface area contributed by atoms with Gasteiger partial charge in [0.2, 0.25) is 0 Å². The molecule has 0 aliphatic rings. The molecule has 0 saturated carbocycles. The summed E-state index contributed by atoms with van der Waals surface area (Å²) in [4.78, 5) is 0. The largest absolute Gasteiger partial charge is 0.314 e. The Morgan fingerprint density at radius 2 is 2.12 bits per heavy atom. The molecule has 16 heavy (non-hydrogen) atoms. The van der Waals surface area contributed by atoms with Crippen molar-refractivity contribution in [1.82, 2.24) is 15.1 Å². The van der Waals surface area contributed by atoms with Crippen molar-refractivity contribution in [2.24, 2.45) is 13.0 Å². The highest BCUT2D eigenvalue weighted by molar-refractivity contribution is 7.99. The average Bonchev–Trinajstić information content (AvgIpc) is 2.51.